The zero-order chi connectivity index (χ0) is 18.4. The number of carbonyl (C=O) groups excluding carboxylic acids is 1. The Morgan fingerprint density at radius 1 is 1.15 bits per heavy atom. The lowest BCUT2D eigenvalue weighted by Gasteiger charge is -2.22. The highest BCUT2D eigenvalue weighted by atomic mass is 16.5. The molecule has 1 aromatic heterocycles. The summed E-state index contributed by atoms with van der Waals surface area (Å²) in [5.41, 5.74) is 1.32. The highest BCUT2D eigenvalue weighted by Crippen LogP contribution is 2.22. The Labute approximate surface area is 155 Å². The summed E-state index contributed by atoms with van der Waals surface area (Å²) in [6, 6.07) is 12.0. The maximum absolute atomic E-state index is 12.3. The van der Waals surface area contributed by atoms with Crippen molar-refractivity contribution in [3.8, 4) is 5.75 Å². The molecule has 4 nitrogen and oxygen atoms in total. The van der Waals surface area contributed by atoms with Crippen molar-refractivity contribution in [3.63, 3.8) is 0 Å². The van der Waals surface area contributed by atoms with E-state index in [0.29, 0.717) is 24.0 Å². The van der Waals surface area contributed by atoms with Gasteiger partial charge in [0.25, 0.3) is 5.91 Å². The standard InChI is InChI=1S/C22H29NO3/c1-3-16(2)17-9-11-19(12-10-17)25-15-20-13-14-21(26-20)22(24)23-18-7-5-4-6-8-18/h9-14,16,18H,3-8,15H2,1-2H3,(H,23,24). The van der Waals surface area contributed by atoms with Crippen LogP contribution < -0.4 is 10.1 Å². The Hall–Kier alpha value is -2.23. The van der Waals surface area contributed by atoms with E-state index < -0.39 is 0 Å². The number of amides is 1. The van der Waals surface area contributed by atoms with Crippen LogP contribution in [0.4, 0.5) is 0 Å². The summed E-state index contributed by atoms with van der Waals surface area (Å²) in [7, 11) is 0. The van der Waals surface area contributed by atoms with Crippen molar-refractivity contribution in [1.82, 2.24) is 5.32 Å². The fourth-order valence-electron chi connectivity index (χ4n) is 3.36. The van der Waals surface area contributed by atoms with Gasteiger partial charge in [-0.3, -0.25) is 4.79 Å². The zero-order valence-electron chi connectivity index (χ0n) is 15.8. The van der Waals surface area contributed by atoms with Gasteiger partial charge < -0.3 is 14.5 Å². The Kier molecular flexibility index (Phi) is 6.37. The van der Waals surface area contributed by atoms with Gasteiger partial charge in [0, 0.05) is 6.04 Å². The molecule has 0 bridgehead atoms. The molecule has 0 spiro atoms. The van der Waals surface area contributed by atoms with Gasteiger partial charge in [-0.05, 0) is 55.0 Å². The smallest absolute Gasteiger partial charge is 0.287 e. The van der Waals surface area contributed by atoms with Crippen molar-refractivity contribution in [2.24, 2.45) is 0 Å². The summed E-state index contributed by atoms with van der Waals surface area (Å²) < 4.78 is 11.4. The molecule has 1 N–H and O–H groups in total. The Morgan fingerprint density at radius 3 is 2.58 bits per heavy atom. The minimum atomic E-state index is -0.124. The SMILES string of the molecule is CCC(C)c1ccc(OCc2ccc(C(=O)NC3CCCCC3)o2)cc1. The first-order valence-electron chi connectivity index (χ1n) is 9.78. The third-order valence-electron chi connectivity index (χ3n) is 5.27. The van der Waals surface area contributed by atoms with Crippen molar-refractivity contribution in [3.05, 3.63) is 53.5 Å². The van der Waals surface area contributed by atoms with Gasteiger partial charge in [0.05, 0.1) is 0 Å². The average molecular weight is 355 g/mol. The molecule has 0 saturated heterocycles. The van der Waals surface area contributed by atoms with Crippen LogP contribution in [0.15, 0.2) is 40.8 Å². The molecule has 0 radical (unpaired) electrons. The molecular weight excluding hydrogens is 326 g/mol. The molecule has 4 heteroatoms. The molecule has 1 unspecified atom stereocenters. The Balaban J connectivity index is 1.50. The molecule has 1 aliphatic rings. The van der Waals surface area contributed by atoms with E-state index in [4.69, 9.17) is 9.15 Å². The first-order valence-corrected chi connectivity index (χ1v) is 9.78. The molecule has 1 amide bonds. The summed E-state index contributed by atoms with van der Waals surface area (Å²) in [5, 5.41) is 3.07. The quantitative estimate of drug-likeness (QED) is 0.720. The summed E-state index contributed by atoms with van der Waals surface area (Å²) in [5.74, 6) is 2.26. The van der Waals surface area contributed by atoms with Crippen molar-refractivity contribution in [1.29, 1.82) is 0 Å². The topological polar surface area (TPSA) is 51.5 Å². The van der Waals surface area contributed by atoms with Crippen LogP contribution in [0.1, 0.15) is 80.2 Å². The summed E-state index contributed by atoms with van der Waals surface area (Å²) in [4.78, 5) is 12.3. The van der Waals surface area contributed by atoms with Crippen LogP contribution in [0.5, 0.6) is 5.75 Å². The molecule has 140 valence electrons. The number of nitrogens with one attached hydrogen (secondary N) is 1. The Morgan fingerprint density at radius 2 is 1.88 bits per heavy atom. The number of benzene rings is 1. The molecular formula is C22H29NO3. The van der Waals surface area contributed by atoms with Gasteiger partial charge in [0.2, 0.25) is 0 Å². The molecule has 3 rings (SSSR count). The summed E-state index contributed by atoms with van der Waals surface area (Å²) >= 11 is 0. The monoisotopic (exact) mass is 355 g/mol. The van der Waals surface area contributed by atoms with Crippen LogP contribution in [-0.2, 0) is 6.61 Å². The van der Waals surface area contributed by atoms with E-state index in [0.717, 1.165) is 25.0 Å². The number of hydrogen-bond acceptors (Lipinski definition) is 3. The normalized spacial score (nSPS) is 16.2. The van der Waals surface area contributed by atoms with E-state index in [-0.39, 0.29) is 11.9 Å². The van der Waals surface area contributed by atoms with E-state index in [1.807, 2.05) is 18.2 Å². The predicted octanol–water partition coefficient (Wildman–Crippen LogP) is 5.43. The molecule has 0 aliphatic heterocycles. The number of hydrogen-bond donors (Lipinski definition) is 1. The second kappa shape index (κ2) is 8.93. The molecule has 1 aromatic carbocycles. The second-order valence-electron chi connectivity index (χ2n) is 7.24. The molecule has 1 fully saturated rings. The number of furan rings is 1. The van der Waals surface area contributed by atoms with Crippen LogP contribution in [0.2, 0.25) is 0 Å². The van der Waals surface area contributed by atoms with E-state index in [1.165, 1.54) is 24.8 Å². The van der Waals surface area contributed by atoms with Crippen LogP contribution in [0.25, 0.3) is 0 Å². The van der Waals surface area contributed by atoms with Crippen LogP contribution in [0, 0.1) is 0 Å². The second-order valence-corrected chi connectivity index (χ2v) is 7.24. The van der Waals surface area contributed by atoms with Crippen molar-refractivity contribution in [2.45, 2.75) is 70.9 Å². The fraction of sp³-hybridized carbons (Fsp3) is 0.500. The first-order chi connectivity index (χ1) is 12.7. The van der Waals surface area contributed by atoms with E-state index in [1.54, 1.807) is 6.07 Å². The van der Waals surface area contributed by atoms with Crippen LogP contribution >= 0.6 is 0 Å². The van der Waals surface area contributed by atoms with Gasteiger partial charge in [0.15, 0.2) is 5.76 Å². The lowest BCUT2D eigenvalue weighted by molar-refractivity contribution is 0.0895. The fourth-order valence-corrected chi connectivity index (χ4v) is 3.36. The van der Waals surface area contributed by atoms with Crippen molar-refractivity contribution in [2.75, 3.05) is 0 Å². The molecule has 1 heterocycles. The van der Waals surface area contributed by atoms with Gasteiger partial charge in [0.1, 0.15) is 18.1 Å². The maximum atomic E-state index is 12.3. The molecule has 1 aliphatic carbocycles. The summed E-state index contributed by atoms with van der Waals surface area (Å²) in [6.45, 7) is 4.73. The van der Waals surface area contributed by atoms with Gasteiger partial charge in [-0.2, -0.15) is 0 Å². The maximum Gasteiger partial charge on any atom is 0.287 e. The highest BCUT2D eigenvalue weighted by molar-refractivity contribution is 5.91. The van der Waals surface area contributed by atoms with E-state index in [9.17, 15) is 4.79 Å². The van der Waals surface area contributed by atoms with Gasteiger partial charge >= 0.3 is 0 Å². The van der Waals surface area contributed by atoms with Crippen LogP contribution in [0.3, 0.4) is 0 Å². The minimum absolute atomic E-state index is 0.124. The van der Waals surface area contributed by atoms with Crippen LogP contribution in [-0.4, -0.2) is 11.9 Å². The lowest BCUT2D eigenvalue weighted by atomic mass is 9.95. The first kappa shape index (κ1) is 18.6. The van der Waals surface area contributed by atoms with Gasteiger partial charge in [-0.15, -0.1) is 0 Å². The van der Waals surface area contributed by atoms with Crippen molar-refractivity contribution < 1.29 is 13.9 Å². The van der Waals surface area contributed by atoms with Gasteiger partial charge in [-0.1, -0.05) is 45.2 Å². The predicted molar refractivity (Wildman–Crippen MR) is 103 cm³/mol. The van der Waals surface area contributed by atoms with Crippen molar-refractivity contribution >= 4 is 5.91 Å². The Bertz CT molecular complexity index is 698. The molecule has 1 saturated carbocycles. The molecule has 1 atom stereocenters. The third kappa shape index (κ3) is 4.90. The van der Waals surface area contributed by atoms with E-state index >= 15 is 0 Å². The summed E-state index contributed by atoms with van der Waals surface area (Å²) in [6.07, 6.45) is 6.91. The number of rotatable bonds is 7. The number of carbonyl (C=O) groups is 1. The average Bonchev–Trinajstić information content (AvgIpc) is 3.16. The molecule has 26 heavy (non-hydrogen) atoms. The highest BCUT2D eigenvalue weighted by Gasteiger charge is 2.18. The third-order valence-corrected chi connectivity index (χ3v) is 5.27. The number of ether oxygens (including phenoxy) is 1. The zero-order valence-corrected chi connectivity index (χ0v) is 15.8. The van der Waals surface area contributed by atoms with E-state index in [2.05, 4.69) is 31.3 Å². The minimum Gasteiger partial charge on any atom is -0.486 e. The largest absolute Gasteiger partial charge is 0.486 e. The lowest BCUT2D eigenvalue weighted by Crippen LogP contribution is -2.35. The van der Waals surface area contributed by atoms with Gasteiger partial charge in [-0.25, -0.2) is 0 Å². The molecule has 2 aromatic rings.